The Labute approximate surface area is 100.0 Å². The van der Waals surface area contributed by atoms with Gasteiger partial charge < -0.3 is 9.84 Å². The zero-order valence-electron chi connectivity index (χ0n) is 9.18. The van der Waals surface area contributed by atoms with Gasteiger partial charge in [-0.25, -0.2) is 22.0 Å². The fraction of sp³-hybridized carbons (Fsp3) is 0.455. The van der Waals surface area contributed by atoms with Crippen LogP contribution in [0.15, 0.2) is 12.1 Å². The molecule has 0 fully saturated rings. The van der Waals surface area contributed by atoms with Crippen LogP contribution < -0.4 is 0 Å². The summed E-state index contributed by atoms with van der Waals surface area (Å²) in [5.41, 5.74) is -0.697. The molecular formula is C11H11F5O2. The second-order valence-corrected chi connectivity index (χ2v) is 3.55. The predicted octanol–water partition coefficient (Wildman–Crippen LogP) is 2.81. The summed E-state index contributed by atoms with van der Waals surface area (Å²) in [6, 6.07) is 0.864. The van der Waals surface area contributed by atoms with Gasteiger partial charge in [-0.15, -0.1) is 0 Å². The molecule has 0 bridgehead atoms. The van der Waals surface area contributed by atoms with Gasteiger partial charge >= 0.3 is 0 Å². The molecule has 1 N–H and O–H groups in total. The first kappa shape index (κ1) is 14.8. The zero-order valence-corrected chi connectivity index (χ0v) is 9.18. The Morgan fingerprint density at radius 2 is 1.67 bits per heavy atom. The molecule has 102 valence electrons. The molecule has 0 aliphatic heterocycles. The smallest absolute Gasteiger partial charge is 0.261 e. The number of halogens is 5. The van der Waals surface area contributed by atoms with E-state index in [0.29, 0.717) is 12.1 Å². The van der Waals surface area contributed by atoms with Crippen LogP contribution in [0, 0.1) is 17.5 Å². The van der Waals surface area contributed by atoms with Crippen LogP contribution in [-0.2, 0) is 4.74 Å². The van der Waals surface area contributed by atoms with Crippen molar-refractivity contribution in [3.05, 3.63) is 35.1 Å². The van der Waals surface area contributed by atoms with Crippen LogP contribution in [0.2, 0.25) is 0 Å². The predicted molar refractivity (Wildman–Crippen MR) is 52.7 cm³/mol. The average molecular weight is 270 g/mol. The van der Waals surface area contributed by atoms with Gasteiger partial charge in [0.15, 0.2) is 0 Å². The van der Waals surface area contributed by atoms with Crippen LogP contribution in [0.25, 0.3) is 0 Å². The van der Waals surface area contributed by atoms with Crippen molar-refractivity contribution in [3.8, 4) is 0 Å². The van der Waals surface area contributed by atoms with Crippen LogP contribution in [0.3, 0.4) is 0 Å². The summed E-state index contributed by atoms with van der Waals surface area (Å²) in [6.07, 6.45) is -4.50. The van der Waals surface area contributed by atoms with Gasteiger partial charge in [-0.2, -0.15) is 0 Å². The Balaban J connectivity index is 2.59. The lowest BCUT2D eigenvalue weighted by Gasteiger charge is -2.13. The summed E-state index contributed by atoms with van der Waals surface area (Å²) in [7, 11) is 0. The van der Waals surface area contributed by atoms with Crippen molar-refractivity contribution in [3.63, 3.8) is 0 Å². The van der Waals surface area contributed by atoms with E-state index in [9.17, 15) is 27.1 Å². The van der Waals surface area contributed by atoms with E-state index < -0.39 is 42.2 Å². The fourth-order valence-corrected chi connectivity index (χ4v) is 1.38. The van der Waals surface area contributed by atoms with Crippen molar-refractivity contribution in [1.29, 1.82) is 0 Å². The molecule has 0 spiro atoms. The van der Waals surface area contributed by atoms with E-state index in [2.05, 4.69) is 4.74 Å². The van der Waals surface area contributed by atoms with E-state index in [-0.39, 0.29) is 13.0 Å². The van der Waals surface area contributed by atoms with Crippen molar-refractivity contribution >= 4 is 0 Å². The summed E-state index contributed by atoms with van der Waals surface area (Å²) in [6.45, 7) is -1.11. The number of aliphatic hydroxyl groups is 1. The number of ether oxygens (including phenoxy) is 1. The molecule has 0 aliphatic rings. The molecule has 1 rings (SSSR count). The Morgan fingerprint density at radius 1 is 1.11 bits per heavy atom. The van der Waals surface area contributed by atoms with Crippen LogP contribution in [0.4, 0.5) is 22.0 Å². The number of alkyl halides is 2. The largest absolute Gasteiger partial charge is 0.388 e. The molecule has 7 heteroatoms. The van der Waals surface area contributed by atoms with Gasteiger partial charge in [-0.1, -0.05) is 0 Å². The molecule has 0 aromatic heterocycles. The molecular weight excluding hydrogens is 259 g/mol. The zero-order chi connectivity index (χ0) is 13.7. The van der Waals surface area contributed by atoms with Gasteiger partial charge in [0.05, 0.1) is 11.7 Å². The number of hydrogen-bond donors (Lipinski definition) is 1. The molecule has 0 saturated heterocycles. The average Bonchev–Trinajstić information content (AvgIpc) is 2.22. The summed E-state index contributed by atoms with van der Waals surface area (Å²) >= 11 is 0. The summed E-state index contributed by atoms with van der Waals surface area (Å²) in [5.74, 6) is -3.56. The first-order chi connectivity index (χ1) is 8.41. The van der Waals surface area contributed by atoms with Gasteiger partial charge in [0.25, 0.3) is 6.43 Å². The second-order valence-electron chi connectivity index (χ2n) is 3.55. The number of rotatable bonds is 6. The lowest BCUT2D eigenvalue weighted by molar-refractivity contribution is 0.00410. The lowest BCUT2D eigenvalue weighted by atomic mass is 10.1. The van der Waals surface area contributed by atoms with E-state index in [1.807, 2.05) is 0 Å². The molecule has 1 aromatic rings. The van der Waals surface area contributed by atoms with E-state index >= 15 is 0 Å². The Morgan fingerprint density at radius 3 is 2.17 bits per heavy atom. The highest BCUT2D eigenvalue weighted by molar-refractivity contribution is 5.23. The number of benzene rings is 1. The maximum Gasteiger partial charge on any atom is 0.261 e. The molecule has 1 aromatic carbocycles. The van der Waals surface area contributed by atoms with Crippen LogP contribution in [0.5, 0.6) is 0 Å². The topological polar surface area (TPSA) is 29.5 Å². The summed E-state index contributed by atoms with van der Waals surface area (Å²) in [4.78, 5) is 0. The van der Waals surface area contributed by atoms with Crippen LogP contribution in [0.1, 0.15) is 18.1 Å². The van der Waals surface area contributed by atoms with E-state index in [1.165, 1.54) is 0 Å². The van der Waals surface area contributed by atoms with E-state index in [4.69, 9.17) is 0 Å². The SMILES string of the molecule is OC(CCOCC(F)F)c1c(F)cc(F)cc1F. The van der Waals surface area contributed by atoms with Gasteiger partial charge in [0, 0.05) is 25.2 Å². The maximum absolute atomic E-state index is 13.2. The highest BCUT2D eigenvalue weighted by Gasteiger charge is 2.19. The number of hydrogen-bond acceptors (Lipinski definition) is 2. The first-order valence-corrected chi connectivity index (χ1v) is 5.10. The molecule has 0 radical (unpaired) electrons. The van der Waals surface area contributed by atoms with Crippen molar-refractivity contribution < 1.29 is 31.8 Å². The Bertz CT molecular complexity index is 374. The number of aliphatic hydroxyl groups excluding tert-OH is 1. The van der Waals surface area contributed by atoms with Gasteiger partial charge in [0.1, 0.15) is 24.1 Å². The van der Waals surface area contributed by atoms with Gasteiger partial charge in [0.2, 0.25) is 0 Å². The maximum atomic E-state index is 13.2. The Hall–Kier alpha value is -1.21. The highest BCUT2D eigenvalue weighted by atomic mass is 19.3. The third kappa shape index (κ3) is 4.23. The first-order valence-electron chi connectivity index (χ1n) is 5.10. The van der Waals surface area contributed by atoms with Crippen molar-refractivity contribution in [2.24, 2.45) is 0 Å². The minimum atomic E-state index is -2.65. The van der Waals surface area contributed by atoms with Gasteiger partial charge in [-0.3, -0.25) is 0 Å². The van der Waals surface area contributed by atoms with Crippen molar-refractivity contribution in [1.82, 2.24) is 0 Å². The Kier molecular flexibility index (Phi) is 5.49. The standard InChI is InChI=1S/C11H11F5O2/c12-6-3-7(13)11(8(14)4-6)9(17)1-2-18-5-10(15)16/h3-4,9-10,17H,1-2,5H2. The molecule has 2 nitrogen and oxygen atoms in total. The monoisotopic (exact) mass is 270 g/mol. The van der Waals surface area contributed by atoms with Crippen molar-refractivity contribution in [2.75, 3.05) is 13.2 Å². The molecule has 0 heterocycles. The minimum Gasteiger partial charge on any atom is -0.388 e. The summed E-state index contributed by atoms with van der Waals surface area (Å²) in [5, 5.41) is 9.47. The van der Waals surface area contributed by atoms with E-state index in [0.717, 1.165) is 0 Å². The second kappa shape index (κ2) is 6.65. The van der Waals surface area contributed by atoms with Crippen LogP contribution in [-0.4, -0.2) is 24.7 Å². The van der Waals surface area contributed by atoms with Crippen LogP contribution >= 0.6 is 0 Å². The molecule has 0 aliphatic carbocycles. The van der Waals surface area contributed by atoms with Crippen molar-refractivity contribution in [2.45, 2.75) is 19.0 Å². The summed E-state index contributed by atoms with van der Waals surface area (Å²) < 4.78 is 66.9. The third-order valence-corrected chi connectivity index (χ3v) is 2.16. The molecule has 18 heavy (non-hydrogen) atoms. The highest BCUT2D eigenvalue weighted by Crippen LogP contribution is 2.24. The minimum absolute atomic E-state index is 0.272. The quantitative estimate of drug-likeness (QED) is 0.636. The third-order valence-electron chi connectivity index (χ3n) is 2.16. The molecule has 0 saturated carbocycles. The fourth-order valence-electron chi connectivity index (χ4n) is 1.38. The van der Waals surface area contributed by atoms with E-state index in [1.54, 1.807) is 0 Å². The molecule has 1 unspecified atom stereocenters. The van der Waals surface area contributed by atoms with Gasteiger partial charge in [-0.05, 0) is 0 Å². The normalized spacial score (nSPS) is 13.1. The molecule has 0 amide bonds. The lowest BCUT2D eigenvalue weighted by Crippen LogP contribution is -2.11. The molecule has 1 atom stereocenters.